The van der Waals surface area contributed by atoms with Gasteiger partial charge in [0.25, 0.3) is 0 Å². The second kappa shape index (κ2) is 4.59. The summed E-state index contributed by atoms with van der Waals surface area (Å²) in [4.78, 5) is 20.4. The summed E-state index contributed by atoms with van der Waals surface area (Å²) in [7, 11) is 0. The summed E-state index contributed by atoms with van der Waals surface area (Å²) in [6.45, 7) is 1.92. The second-order valence-corrected chi connectivity index (χ2v) is 5.04. The van der Waals surface area contributed by atoms with E-state index in [1.165, 1.54) is 0 Å². The molecule has 19 heavy (non-hydrogen) atoms. The van der Waals surface area contributed by atoms with Crippen LogP contribution in [0.25, 0.3) is 22.4 Å². The SMILES string of the molecule is Cc1cc(Br)c2nc(-c3ccncc3)oc(=O)c2c1. The van der Waals surface area contributed by atoms with Crippen molar-refractivity contribution < 1.29 is 4.42 Å². The molecule has 1 aromatic carbocycles. The minimum atomic E-state index is -0.388. The van der Waals surface area contributed by atoms with Gasteiger partial charge in [-0.15, -0.1) is 0 Å². The molecule has 0 radical (unpaired) electrons. The first-order valence-electron chi connectivity index (χ1n) is 5.66. The van der Waals surface area contributed by atoms with Crippen molar-refractivity contribution >= 4 is 26.8 Å². The van der Waals surface area contributed by atoms with Crippen molar-refractivity contribution in [1.29, 1.82) is 0 Å². The van der Waals surface area contributed by atoms with Crippen LogP contribution in [0.3, 0.4) is 0 Å². The number of hydrogen-bond donors (Lipinski definition) is 0. The molecule has 3 aromatic rings. The molecule has 0 saturated carbocycles. The molecule has 0 atom stereocenters. The van der Waals surface area contributed by atoms with Crippen LogP contribution in [0.4, 0.5) is 0 Å². The maximum absolute atomic E-state index is 12.0. The highest BCUT2D eigenvalue weighted by Gasteiger charge is 2.11. The Morgan fingerprint density at radius 1 is 1.21 bits per heavy atom. The molecule has 2 heterocycles. The first-order valence-corrected chi connectivity index (χ1v) is 6.46. The number of pyridine rings is 1. The molecule has 94 valence electrons. The number of aromatic nitrogens is 2. The van der Waals surface area contributed by atoms with Crippen LogP contribution in [0.15, 0.2) is 50.3 Å². The molecule has 0 amide bonds. The maximum Gasteiger partial charge on any atom is 0.347 e. The number of aryl methyl sites for hydroxylation is 1. The first-order chi connectivity index (χ1) is 9.15. The van der Waals surface area contributed by atoms with Crippen LogP contribution in [0, 0.1) is 6.92 Å². The zero-order chi connectivity index (χ0) is 13.4. The number of nitrogens with zero attached hydrogens (tertiary/aromatic N) is 2. The van der Waals surface area contributed by atoms with Crippen molar-refractivity contribution in [3.05, 3.63) is 57.1 Å². The van der Waals surface area contributed by atoms with E-state index in [0.29, 0.717) is 16.8 Å². The molecule has 0 spiro atoms. The standard InChI is InChI=1S/C14H9BrN2O2/c1-8-6-10-12(11(15)7-8)17-13(19-14(10)18)9-2-4-16-5-3-9/h2-7H,1H3. The smallest absolute Gasteiger partial charge is 0.347 e. The van der Waals surface area contributed by atoms with Crippen molar-refractivity contribution in [2.24, 2.45) is 0 Å². The molecule has 0 fully saturated rings. The Hall–Kier alpha value is -2.01. The maximum atomic E-state index is 12.0. The third kappa shape index (κ3) is 2.17. The lowest BCUT2D eigenvalue weighted by Gasteiger charge is -2.04. The molecule has 5 heteroatoms. The van der Waals surface area contributed by atoms with E-state index in [1.807, 2.05) is 13.0 Å². The largest absolute Gasteiger partial charge is 0.403 e. The average molecular weight is 317 g/mol. The Kier molecular flexibility index (Phi) is 2.91. The van der Waals surface area contributed by atoms with E-state index in [9.17, 15) is 4.79 Å². The summed E-state index contributed by atoms with van der Waals surface area (Å²) in [6.07, 6.45) is 3.26. The van der Waals surface area contributed by atoms with Crippen molar-refractivity contribution in [1.82, 2.24) is 9.97 Å². The molecule has 0 aliphatic heterocycles. The molecule has 0 aliphatic carbocycles. The molecule has 0 aliphatic rings. The topological polar surface area (TPSA) is 56.0 Å². The molecule has 0 N–H and O–H groups in total. The van der Waals surface area contributed by atoms with Crippen LogP contribution in [-0.2, 0) is 0 Å². The molecule has 3 rings (SSSR count). The van der Waals surface area contributed by atoms with E-state index in [1.54, 1.807) is 30.6 Å². The van der Waals surface area contributed by atoms with Crippen LogP contribution in [0.2, 0.25) is 0 Å². The monoisotopic (exact) mass is 316 g/mol. The van der Waals surface area contributed by atoms with Crippen LogP contribution >= 0.6 is 15.9 Å². The fourth-order valence-electron chi connectivity index (χ4n) is 1.89. The summed E-state index contributed by atoms with van der Waals surface area (Å²) in [6, 6.07) is 7.19. The van der Waals surface area contributed by atoms with Gasteiger partial charge >= 0.3 is 5.63 Å². The van der Waals surface area contributed by atoms with E-state index < -0.39 is 0 Å². The van der Waals surface area contributed by atoms with Crippen molar-refractivity contribution in [2.75, 3.05) is 0 Å². The van der Waals surface area contributed by atoms with Crippen LogP contribution in [0.1, 0.15) is 5.56 Å². The van der Waals surface area contributed by atoms with Gasteiger partial charge in [0.15, 0.2) is 0 Å². The molecular formula is C14H9BrN2O2. The fourth-order valence-corrected chi connectivity index (χ4v) is 2.55. The Morgan fingerprint density at radius 2 is 1.95 bits per heavy atom. The van der Waals surface area contributed by atoms with Crippen molar-refractivity contribution in [3.8, 4) is 11.5 Å². The minimum absolute atomic E-state index is 0.296. The van der Waals surface area contributed by atoms with Gasteiger partial charge in [0, 0.05) is 22.4 Å². The summed E-state index contributed by atoms with van der Waals surface area (Å²) >= 11 is 3.43. The van der Waals surface area contributed by atoms with Crippen molar-refractivity contribution in [2.45, 2.75) is 6.92 Å². The molecule has 0 unspecified atom stereocenters. The Labute approximate surface area is 117 Å². The second-order valence-electron chi connectivity index (χ2n) is 4.19. The van der Waals surface area contributed by atoms with E-state index >= 15 is 0 Å². The molecule has 4 nitrogen and oxygen atoms in total. The van der Waals surface area contributed by atoms with Gasteiger partial charge in [-0.2, -0.15) is 0 Å². The Bertz CT molecular complexity index is 813. The lowest BCUT2D eigenvalue weighted by molar-refractivity contribution is 0.518. The van der Waals surface area contributed by atoms with Crippen molar-refractivity contribution in [3.63, 3.8) is 0 Å². The van der Waals surface area contributed by atoms with Crippen LogP contribution < -0.4 is 5.63 Å². The lowest BCUT2D eigenvalue weighted by Crippen LogP contribution is -2.03. The fraction of sp³-hybridized carbons (Fsp3) is 0.0714. The number of hydrogen-bond acceptors (Lipinski definition) is 4. The normalized spacial score (nSPS) is 10.8. The zero-order valence-electron chi connectivity index (χ0n) is 10.1. The molecule has 0 saturated heterocycles. The van der Waals surface area contributed by atoms with Crippen LogP contribution in [0.5, 0.6) is 0 Å². The van der Waals surface area contributed by atoms with Gasteiger partial charge in [0.2, 0.25) is 5.89 Å². The van der Waals surface area contributed by atoms with Gasteiger partial charge in [-0.05, 0) is 52.7 Å². The van der Waals surface area contributed by atoms with E-state index in [2.05, 4.69) is 25.9 Å². The number of rotatable bonds is 1. The summed E-state index contributed by atoms with van der Waals surface area (Å²) in [5.74, 6) is 0.296. The highest BCUT2D eigenvalue weighted by Crippen LogP contribution is 2.24. The van der Waals surface area contributed by atoms with E-state index in [4.69, 9.17) is 4.42 Å². The lowest BCUT2D eigenvalue weighted by atomic mass is 10.2. The van der Waals surface area contributed by atoms with E-state index in [0.717, 1.165) is 15.6 Å². The molecule has 0 bridgehead atoms. The van der Waals surface area contributed by atoms with Gasteiger partial charge in [-0.25, -0.2) is 9.78 Å². The number of halogens is 1. The predicted molar refractivity (Wildman–Crippen MR) is 75.9 cm³/mol. The number of fused-ring (bicyclic) bond motifs is 1. The zero-order valence-corrected chi connectivity index (χ0v) is 11.6. The highest BCUT2D eigenvalue weighted by atomic mass is 79.9. The third-order valence-electron chi connectivity index (χ3n) is 2.76. The van der Waals surface area contributed by atoms with Crippen LogP contribution in [-0.4, -0.2) is 9.97 Å². The van der Waals surface area contributed by atoms with E-state index in [-0.39, 0.29) is 5.63 Å². The highest BCUT2D eigenvalue weighted by molar-refractivity contribution is 9.10. The Balaban J connectivity index is 2.34. The average Bonchev–Trinajstić information content (AvgIpc) is 2.41. The molecule has 2 aromatic heterocycles. The molecular weight excluding hydrogens is 308 g/mol. The predicted octanol–water partition coefficient (Wildman–Crippen LogP) is 3.32. The summed E-state index contributed by atoms with van der Waals surface area (Å²) < 4.78 is 6.05. The minimum Gasteiger partial charge on any atom is -0.403 e. The number of benzene rings is 1. The van der Waals surface area contributed by atoms with Gasteiger partial charge < -0.3 is 4.42 Å². The third-order valence-corrected chi connectivity index (χ3v) is 3.36. The Morgan fingerprint density at radius 3 is 2.68 bits per heavy atom. The summed E-state index contributed by atoms with van der Waals surface area (Å²) in [5, 5.41) is 0.477. The quantitative estimate of drug-likeness (QED) is 0.691. The van der Waals surface area contributed by atoms with Gasteiger partial charge in [0.1, 0.15) is 0 Å². The first kappa shape index (κ1) is 12.0. The van der Waals surface area contributed by atoms with Gasteiger partial charge in [-0.3, -0.25) is 4.98 Å². The summed E-state index contributed by atoms with van der Waals surface area (Å²) in [5.41, 5.74) is 1.92. The van der Waals surface area contributed by atoms with Gasteiger partial charge in [0.05, 0.1) is 10.9 Å². The van der Waals surface area contributed by atoms with Gasteiger partial charge in [-0.1, -0.05) is 0 Å².